The van der Waals surface area contributed by atoms with Gasteiger partial charge in [0.05, 0.1) is 17.7 Å². The number of ketones is 1. The van der Waals surface area contributed by atoms with E-state index in [1.807, 2.05) is 27.7 Å². The van der Waals surface area contributed by atoms with Gasteiger partial charge in [0.1, 0.15) is 17.3 Å². The first-order valence-electron chi connectivity index (χ1n) is 11.3. The normalized spacial score (nSPS) is 17.9. The second kappa shape index (κ2) is 10.6. The second-order valence-electron chi connectivity index (χ2n) is 8.26. The van der Waals surface area contributed by atoms with E-state index in [2.05, 4.69) is 4.90 Å². The smallest absolute Gasteiger partial charge is 0.295 e. The molecule has 3 rings (SSSR count). The van der Waals surface area contributed by atoms with Gasteiger partial charge in [-0.15, -0.1) is 0 Å². The van der Waals surface area contributed by atoms with Gasteiger partial charge in [-0.3, -0.25) is 9.59 Å². The summed E-state index contributed by atoms with van der Waals surface area (Å²) in [4.78, 5) is 29.7. The molecule has 1 fully saturated rings. The van der Waals surface area contributed by atoms with Crippen LogP contribution in [-0.2, 0) is 9.59 Å². The Bertz CT molecular complexity index is 1010. The molecule has 0 aromatic heterocycles. The van der Waals surface area contributed by atoms with Crippen molar-refractivity contribution in [3.8, 4) is 5.75 Å². The standard InChI is InChI=1S/C26H31FN2O4/c1-5-28(6-2)15-16-29-23(18-7-11-20(27)12-8-18)22(25(31)26(29)32)24(30)19-9-13-21(14-10-19)33-17(3)4/h7-14,17,23,30H,5-6,15-16H2,1-4H3. The number of aliphatic hydroxyl groups is 1. The molecule has 0 spiro atoms. The van der Waals surface area contributed by atoms with Gasteiger partial charge in [0, 0.05) is 18.7 Å². The van der Waals surface area contributed by atoms with Crippen molar-refractivity contribution in [2.75, 3.05) is 26.2 Å². The highest BCUT2D eigenvalue weighted by atomic mass is 19.1. The van der Waals surface area contributed by atoms with Crippen molar-refractivity contribution in [2.24, 2.45) is 0 Å². The first-order valence-corrected chi connectivity index (χ1v) is 11.3. The minimum atomic E-state index is -0.798. The van der Waals surface area contributed by atoms with E-state index in [0.717, 1.165) is 13.1 Å². The Hall–Kier alpha value is -3.19. The third-order valence-corrected chi connectivity index (χ3v) is 5.78. The fourth-order valence-electron chi connectivity index (χ4n) is 4.01. The third kappa shape index (κ3) is 5.42. The summed E-state index contributed by atoms with van der Waals surface area (Å²) in [5.41, 5.74) is 0.972. The number of likely N-dealkylation sites (N-methyl/N-ethyl adjacent to an activating group) is 1. The molecule has 1 aliphatic heterocycles. The largest absolute Gasteiger partial charge is 0.507 e. The molecule has 1 N–H and O–H groups in total. The van der Waals surface area contributed by atoms with Crippen molar-refractivity contribution in [2.45, 2.75) is 39.8 Å². The van der Waals surface area contributed by atoms with E-state index < -0.39 is 23.5 Å². The molecule has 0 radical (unpaired) electrons. The second-order valence-corrected chi connectivity index (χ2v) is 8.26. The zero-order chi connectivity index (χ0) is 24.1. The molecule has 1 atom stereocenters. The topological polar surface area (TPSA) is 70.1 Å². The number of amides is 1. The fraction of sp³-hybridized carbons (Fsp3) is 0.385. The summed E-state index contributed by atoms with van der Waals surface area (Å²) in [6.45, 7) is 10.4. The van der Waals surface area contributed by atoms with Crippen LogP contribution in [0, 0.1) is 5.82 Å². The first-order chi connectivity index (χ1) is 15.8. The number of Topliss-reactive ketones (excluding diaryl/α,β-unsaturated/α-hetero) is 1. The van der Waals surface area contributed by atoms with E-state index in [-0.39, 0.29) is 17.4 Å². The third-order valence-electron chi connectivity index (χ3n) is 5.78. The van der Waals surface area contributed by atoms with Crippen molar-refractivity contribution in [3.05, 3.63) is 71.0 Å². The molecule has 7 heteroatoms. The van der Waals surface area contributed by atoms with Crippen LogP contribution in [0.1, 0.15) is 44.9 Å². The van der Waals surface area contributed by atoms with Crippen LogP contribution in [0.15, 0.2) is 54.1 Å². The molecule has 1 saturated heterocycles. The summed E-state index contributed by atoms with van der Waals surface area (Å²) in [6.07, 6.45) is -0.000875. The number of ether oxygens (including phenoxy) is 1. The average Bonchev–Trinajstić information content (AvgIpc) is 3.05. The Morgan fingerprint density at radius 1 is 1.06 bits per heavy atom. The van der Waals surface area contributed by atoms with E-state index in [0.29, 0.717) is 30.0 Å². The van der Waals surface area contributed by atoms with Gasteiger partial charge in [-0.25, -0.2) is 4.39 Å². The lowest BCUT2D eigenvalue weighted by Crippen LogP contribution is -2.38. The monoisotopic (exact) mass is 454 g/mol. The highest BCUT2D eigenvalue weighted by Gasteiger charge is 2.45. The zero-order valence-electron chi connectivity index (χ0n) is 19.5. The quantitative estimate of drug-likeness (QED) is 0.346. The lowest BCUT2D eigenvalue weighted by molar-refractivity contribution is -0.140. The molecule has 0 bridgehead atoms. The molecule has 6 nitrogen and oxygen atoms in total. The molecule has 176 valence electrons. The summed E-state index contributed by atoms with van der Waals surface area (Å²) < 4.78 is 19.2. The van der Waals surface area contributed by atoms with Crippen LogP contribution < -0.4 is 4.74 Å². The molecule has 2 aromatic carbocycles. The van der Waals surface area contributed by atoms with Crippen LogP contribution in [0.25, 0.3) is 5.76 Å². The van der Waals surface area contributed by atoms with Gasteiger partial charge < -0.3 is 19.6 Å². The Morgan fingerprint density at radius 3 is 2.21 bits per heavy atom. The number of nitrogens with zero attached hydrogens (tertiary/aromatic N) is 2. The number of aliphatic hydroxyl groups excluding tert-OH is 1. The van der Waals surface area contributed by atoms with Gasteiger partial charge in [0.15, 0.2) is 0 Å². The number of benzene rings is 2. The molecule has 1 amide bonds. The summed E-state index contributed by atoms with van der Waals surface area (Å²) >= 11 is 0. The van der Waals surface area contributed by atoms with Crippen LogP contribution in [0.2, 0.25) is 0 Å². The molecule has 0 saturated carbocycles. The summed E-state index contributed by atoms with van der Waals surface area (Å²) in [5.74, 6) is -1.46. The van der Waals surface area contributed by atoms with Crippen molar-refractivity contribution >= 4 is 17.4 Å². The molecule has 1 aliphatic rings. The number of carbonyl (C=O) groups excluding carboxylic acids is 2. The predicted molar refractivity (Wildman–Crippen MR) is 125 cm³/mol. The van der Waals surface area contributed by atoms with E-state index in [9.17, 15) is 19.1 Å². The predicted octanol–water partition coefficient (Wildman–Crippen LogP) is 4.38. The highest BCUT2D eigenvalue weighted by molar-refractivity contribution is 6.46. The molecular weight excluding hydrogens is 423 g/mol. The van der Waals surface area contributed by atoms with Gasteiger partial charge in [0.2, 0.25) is 0 Å². The Labute approximate surface area is 194 Å². The lowest BCUT2D eigenvalue weighted by atomic mass is 9.95. The SMILES string of the molecule is CCN(CC)CCN1C(=O)C(=O)C(=C(O)c2ccc(OC(C)C)cc2)C1c1ccc(F)cc1. The number of hydrogen-bond acceptors (Lipinski definition) is 5. The lowest BCUT2D eigenvalue weighted by Gasteiger charge is -2.28. The van der Waals surface area contributed by atoms with Crippen LogP contribution in [0.3, 0.4) is 0 Å². The van der Waals surface area contributed by atoms with E-state index in [1.54, 1.807) is 36.4 Å². The van der Waals surface area contributed by atoms with Crippen molar-refractivity contribution in [1.29, 1.82) is 0 Å². The van der Waals surface area contributed by atoms with Crippen LogP contribution in [-0.4, -0.2) is 58.9 Å². The number of rotatable bonds is 9. The van der Waals surface area contributed by atoms with E-state index in [4.69, 9.17) is 4.74 Å². The summed E-state index contributed by atoms with van der Waals surface area (Å²) in [7, 11) is 0. The molecule has 1 unspecified atom stereocenters. The van der Waals surface area contributed by atoms with Crippen LogP contribution in [0.4, 0.5) is 4.39 Å². The van der Waals surface area contributed by atoms with Crippen LogP contribution in [0.5, 0.6) is 5.75 Å². The Morgan fingerprint density at radius 2 is 1.67 bits per heavy atom. The van der Waals surface area contributed by atoms with Crippen LogP contribution >= 0.6 is 0 Å². The van der Waals surface area contributed by atoms with Gasteiger partial charge in [-0.1, -0.05) is 26.0 Å². The molecule has 1 heterocycles. The summed E-state index contributed by atoms with van der Waals surface area (Å²) in [6, 6.07) is 11.6. The molecule has 2 aromatic rings. The van der Waals surface area contributed by atoms with Crippen molar-refractivity contribution in [1.82, 2.24) is 9.80 Å². The Kier molecular flexibility index (Phi) is 7.87. The number of likely N-dealkylation sites (tertiary alicyclic amines) is 1. The van der Waals surface area contributed by atoms with Gasteiger partial charge in [-0.05, 0) is 68.9 Å². The van der Waals surface area contributed by atoms with Gasteiger partial charge in [-0.2, -0.15) is 0 Å². The molecular formula is C26H31FN2O4. The highest BCUT2D eigenvalue weighted by Crippen LogP contribution is 2.39. The minimum absolute atomic E-state index is 0.000875. The first kappa shape index (κ1) is 24.5. The van der Waals surface area contributed by atoms with Gasteiger partial charge in [0.25, 0.3) is 11.7 Å². The fourth-order valence-corrected chi connectivity index (χ4v) is 4.01. The molecule has 0 aliphatic carbocycles. The maximum Gasteiger partial charge on any atom is 0.295 e. The zero-order valence-corrected chi connectivity index (χ0v) is 19.5. The average molecular weight is 455 g/mol. The van der Waals surface area contributed by atoms with Crippen molar-refractivity contribution < 1.29 is 23.8 Å². The molecule has 33 heavy (non-hydrogen) atoms. The minimum Gasteiger partial charge on any atom is -0.507 e. The number of hydrogen-bond donors (Lipinski definition) is 1. The van der Waals surface area contributed by atoms with E-state index >= 15 is 0 Å². The maximum atomic E-state index is 13.6. The van der Waals surface area contributed by atoms with Crippen molar-refractivity contribution in [3.63, 3.8) is 0 Å². The summed E-state index contributed by atoms with van der Waals surface area (Å²) in [5, 5.41) is 11.1. The van der Waals surface area contributed by atoms with Gasteiger partial charge >= 0.3 is 0 Å². The van der Waals surface area contributed by atoms with E-state index in [1.165, 1.54) is 17.0 Å². The number of carbonyl (C=O) groups is 2. The number of halogens is 1. The maximum absolute atomic E-state index is 13.6. The Balaban J connectivity index is 2.04.